The lowest BCUT2D eigenvalue weighted by molar-refractivity contribution is 0.0915. The van der Waals surface area contributed by atoms with E-state index in [1.807, 2.05) is 0 Å². The smallest absolute Gasteiger partial charge is 0.0120 e. The van der Waals surface area contributed by atoms with E-state index in [9.17, 15) is 0 Å². The van der Waals surface area contributed by atoms with Crippen LogP contribution in [0.3, 0.4) is 0 Å². The number of likely N-dealkylation sites (tertiary alicyclic amines) is 2. The van der Waals surface area contributed by atoms with Crippen LogP contribution in [-0.4, -0.2) is 54.6 Å². The van der Waals surface area contributed by atoms with E-state index in [1.54, 1.807) is 0 Å². The van der Waals surface area contributed by atoms with Crippen molar-refractivity contribution in [1.82, 2.24) is 9.80 Å². The Morgan fingerprint density at radius 3 is 2.29 bits per heavy atom. The maximum absolute atomic E-state index is 5.82. The molecule has 3 heteroatoms. The molecule has 0 aromatic carbocycles. The second kappa shape index (κ2) is 6.72. The summed E-state index contributed by atoms with van der Waals surface area (Å²) >= 11 is 0. The van der Waals surface area contributed by atoms with Crippen molar-refractivity contribution in [3.63, 3.8) is 0 Å². The summed E-state index contributed by atoms with van der Waals surface area (Å²) in [5.74, 6) is 0. The molecular weight excluding hydrogens is 210 g/mol. The van der Waals surface area contributed by atoms with Crippen molar-refractivity contribution in [3.05, 3.63) is 0 Å². The molecule has 2 aliphatic heterocycles. The van der Waals surface area contributed by atoms with Gasteiger partial charge in [0.1, 0.15) is 0 Å². The van der Waals surface area contributed by atoms with Gasteiger partial charge in [0, 0.05) is 12.1 Å². The van der Waals surface area contributed by atoms with Crippen molar-refractivity contribution in [2.24, 2.45) is 5.73 Å². The van der Waals surface area contributed by atoms with E-state index in [2.05, 4.69) is 16.7 Å². The lowest BCUT2D eigenvalue weighted by atomic mass is 9.99. The molecule has 2 saturated heterocycles. The lowest BCUT2D eigenvalue weighted by Crippen LogP contribution is -2.47. The summed E-state index contributed by atoms with van der Waals surface area (Å²) in [5.41, 5.74) is 5.82. The summed E-state index contributed by atoms with van der Waals surface area (Å²) < 4.78 is 0. The van der Waals surface area contributed by atoms with Crippen LogP contribution < -0.4 is 5.73 Å². The number of nitrogens with two attached hydrogens (primary N) is 1. The molecule has 2 rings (SSSR count). The Morgan fingerprint density at radius 2 is 1.71 bits per heavy atom. The number of piperidine rings is 2. The molecule has 3 nitrogen and oxygen atoms in total. The molecule has 1 unspecified atom stereocenters. The highest BCUT2D eigenvalue weighted by molar-refractivity contribution is 4.81. The van der Waals surface area contributed by atoms with Crippen LogP contribution in [0.2, 0.25) is 0 Å². The molecule has 0 spiro atoms. The second-order valence-corrected chi connectivity index (χ2v) is 5.94. The Balaban J connectivity index is 1.66. The molecule has 2 aliphatic rings. The summed E-state index contributed by atoms with van der Waals surface area (Å²) in [5, 5.41) is 0. The molecule has 0 amide bonds. The minimum absolute atomic E-state index is 0.356. The summed E-state index contributed by atoms with van der Waals surface area (Å²) in [6.45, 7) is 8.58. The summed E-state index contributed by atoms with van der Waals surface area (Å²) in [7, 11) is 0. The maximum Gasteiger partial charge on any atom is 0.0120 e. The third-order valence-electron chi connectivity index (χ3n) is 4.36. The van der Waals surface area contributed by atoms with Gasteiger partial charge in [-0.05, 0) is 71.8 Å². The Kier molecular flexibility index (Phi) is 5.26. The normalized spacial score (nSPS) is 27.2. The van der Waals surface area contributed by atoms with Crippen LogP contribution in [0, 0.1) is 0 Å². The number of hydrogen-bond acceptors (Lipinski definition) is 3. The van der Waals surface area contributed by atoms with Crippen molar-refractivity contribution in [2.75, 3.05) is 32.7 Å². The number of hydrogen-bond donors (Lipinski definition) is 1. The zero-order valence-electron chi connectivity index (χ0n) is 11.4. The largest absolute Gasteiger partial charge is 0.328 e. The van der Waals surface area contributed by atoms with Crippen molar-refractivity contribution >= 4 is 0 Å². The van der Waals surface area contributed by atoms with E-state index >= 15 is 0 Å². The number of rotatable bonds is 4. The fourth-order valence-corrected chi connectivity index (χ4v) is 3.18. The van der Waals surface area contributed by atoms with Crippen molar-refractivity contribution in [1.29, 1.82) is 0 Å². The highest BCUT2D eigenvalue weighted by atomic mass is 15.2. The van der Waals surface area contributed by atoms with Crippen LogP contribution in [0.15, 0.2) is 0 Å². The molecule has 1 atom stereocenters. The monoisotopic (exact) mass is 239 g/mol. The molecule has 0 aliphatic carbocycles. The summed E-state index contributed by atoms with van der Waals surface area (Å²) in [6, 6.07) is 1.23. The zero-order valence-corrected chi connectivity index (χ0v) is 11.4. The molecule has 0 saturated carbocycles. The van der Waals surface area contributed by atoms with Crippen molar-refractivity contribution in [3.8, 4) is 0 Å². The Bertz CT molecular complexity index is 204. The highest BCUT2D eigenvalue weighted by Gasteiger charge is 2.25. The SMILES string of the molecule is CC(N)CCN1CCC(N2CCCCC2)CC1. The average Bonchev–Trinajstić information content (AvgIpc) is 2.38. The van der Waals surface area contributed by atoms with Gasteiger partial charge in [-0.15, -0.1) is 0 Å². The first kappa shape index (κ1) is 13.3. The maximum atomic E-state index is 5.82. The van der Waals surface area contributed by atoms with E-state index in [0.29, 0.717) is 6.04 Å². The molecule has 0 bridgehead atoms. The first-order chi connectivity index (χ1) is 8.25. The lowest BCUT2D eigenvalue weighted by Gasteiger charge is -2.40. The molecule has 2 heterocycles. The van der Waals surface area contributed by atoms with Gasteiger partial charge in [-0.1, -0.05) is 6.42 Å². The average molecular weight is 239 g/mol. The van der Waals surface area contributed by atoms with Crippen molar-refractivity contribution < 1.29 is 0 Å². The van der Waals surface area contributed by atoms with Crippen LogP contribution in [0.1, 0.15) is 45.4 Å². The molecule has 0 aromatic rings. The van der Waals surface area contributed by atoms with Crippen LogP contribution in [0.5, 0.6) is 0 Å². The topological polar surface area (TPSA) is 32.5 Å². The van der Waals surface area contributed by atoms with Crippen LogP contribution >= 0.6 is 0 Å². The van der Waals surface area contributed by atoms with Crippen molar-refractivity contribution in [2.45, 2.75) is 57.5 Å². The molecule has 100 valence electrons. The summed E-state index contributed by atoms with van der Waals surface area (Å²) in [6.07, 6.45) is 8.19. The molecule has 2 fully saturated rings. The van der Waals surface area contributed by atoms with Crippen LogP contribution in [0.25, 0.3) is 0 Å². The van der Waals surface area contributed by atoms with Gasteiger partial charge in [-0.3, -0.25) is 0 Å². The van der Waals surface area contributed by atoms with E-state index < -0.39 is 0 Å². The van der Waals surface area contributed by atoms with Gasteiger partial charge in [-0.2, -0.15) is 0 Å². The number of nitrogens with zero attached hydrogens (tertiary/aromatic N) is 2. The van der Waals surface area contributed by atoms with E-state index in [-0.39, 0.29) is 0 Å². The molecule has 2 N–H and O–H groups in total. The van der Waals surface area contributed by atoms with Crippen LogP contribution in [0.4, 0.5) is 0 Å². The fraction of sp³-hybridized carbons (Fsp3) is 1.00. The zero-order chi connectivity index (χ0) is 12.1. The van der Waals surface area contributed by atoms with Gasteiger partial charge in [-0.25, -0.2) is 0 Å². The predicted molar refractivity (Wildman–Crippen MR) is 73.2 cm³/mol. The van der Waals surface area contributed by atoms with E-state index in [1.165, 1.54) is 64.8 Å². The molecule has 0 aromatic heterocycles. The van der Waals surface area contributed by atoms with E-state index in [4.69, 9.17) is 5.73 Å². The molecular formula is C14H29N3. The van der Waals surface area contributed by atoms with Gasteiger partial charge in [0.25, 0.3) is 0 Å². The van der Waals surface area contributed by atoms with Gasteiger partial charge in [0.05, 0.1) is 0 Å². The van der Waals surface area contributed by atoms with Gasteiger partial charge in [0.15, 0.2) is 0 Å². The molecule has 17 heavy (non-hydrogen) atoms. The third kappa shape index (κ3) is 4.23. The minimum Gasteiger partial charge on any atom is -0.328 e. The molecule has 0 radical (unpaired) electrons. The third-order valence-corrected chi connectivity index (χ3v) is 4.36. The Morgan fingerprint density at radius 1 is 1.06 bits per heavy atom. The minimum atomic E-state index is 0.356. The van der Waals surface area contributed by atoms with Gasteiger partial charge in [0.2, 0.25) is 0 Å². The van der Waals surface area contributed by atoms with Gasteiger partial charge < -0.3 is 15.5 Å². The Hall–Kier alpha value is -0.120. The predicted octanol–water partition coefficient (Wildman–Crippen LogP) is 1.67. The van der Waals surface area contributed by atoms with Gasteiger partial charge >= 0.3 is 0 Å². The first-order valence-corrected chi connectivity index (χ1v) is 7.47. The fourth-order valence-electron chi connectivity index (χ4n) is 3.18. The summed E-state index contributed by atoms with van der Waals surface area (Å²) in [4.78, 5) is 5.34. The highest BCUT2D eigenvalue weighted by Crippen LogP contribution is 2.20. The standard InChI is InChI=1S/C14H29N3/c1-13(15)5-10-16-11-6-14(7-12-16)17-8-3-2-4-9-17/h13-14H,2-12,15H2,1H3. The first-order valence-electron chi connectivity index (χ1n) is 7.47. The van der Waals surface area contributed by atoms with Crippen LogP contribution in [-0.2, 0) is 0 Å². The second-order valence-electron chi connectivity index (χ2n) is 5.94. The Labute approximate surface area is 106 Å². The quantitative estimate of drug-likeness (QED) is 0.810. The van der Waals surface area contributed by atoms with E-state index in [0.717, 1.165) is 12.5 Å².